The zero-order valence-corrected chi connectivity index (χ0v) is 13.7. The summed E-state index contributed by atoms with van der Waals surface area (Å²) in [6.45, 7) is 1.87. The molecule has 0 bridgehead atoms. The van der Waals surface area contributed by atoms with Gasteiger partial charge in [-0.25, -0.2) is 13.6 Å². The topological polar surface area (TPSA) is 58.2 Å². The summed E-state index contributed by atoms with van der Waals surface area (Å²) in [6, 6.07) is 12.0. The van der Waals surface area contributed by atoms with Gasteiger partial charge in [-0.3, -0.25) is 10.1 Å². The lowest BCUT2D eigenvalue weighted by atomic mass is 10.2. The van der Waals surface area contributed by atoms with Crippen LogP contribution in [0.5, 0.6) is 0 Å². The molecule has 126 valence electrons. The zero-order valence-electron chi connectivity index (χ0n) is 12.9. The first-order chi connectivity index (χ1) is 11.5. The largest absolute Gasteiger partial charge is 0.334 e. The van der Waals surface area contributed by atoms with Crippen molar-refractivity contribution in [3.05, 3.63) is 65.7 Å². The van der Waals surface area contributed by atoms with Crippen molar-refractivity contribution in [1.82, 2.24) is 10.6 Å². The van der Waals surface area contributed by atoms with Crippen LogP contribution in [0.25, 0.3) is 0 Å². The summed E-state index contributed by atoms with van der Waals surface area (Å²) < 4.78 is 26.0. The Labute approximate surface area is 142 Å². The van der Waals surface area contributed by atoms with E-state index in [1.54, 1.807) is 6.92 Å². The molecule has 0 aliphatic rings. The fraction of sp³-hybridized carbons (Fsp3) is 0.176. The molecule has 0 aromatic heterocycles. The summed E-state index contributed by atoms with van der Waals surface area (Å²) in [7, 11) is 0. The summed E-state index contributed by atoms with van der Waals surface area (Å²) >= 11 is 1.03. The molecule has 0 aliphatic heterocycles. The van der Waals surface area contributed by atoms with Crippen LogP contribution in [0.4, 0.5) is 13.6 Å². The number of hydrogen-bond acceptors (Lipinski definition) is 3. The number of benzene rings is 2. The number of thioether (sulfide) groups is 1. The van der Waals surface area contributed by atoms with Gasteiger partial charge in [-0.2, -0.15) is 0 Å². The van der Waals surface area contributed by atoms with Gasteiger partial charge in [0.05, 0.1) is 5.25 Å². The molecule has 24 heavy (non-hydrogen) atoms. The van der Waals surface area contributed by atoms with E-state index in [0.29, 0.717) is 11.4 Å². The van der Waals surface area contributed by atoms with Gasteiger partial charge in [0.25, 0.3) is 0 Å². The minimum atomic E-state index is -0.979. The summed E-state index contributed by atoms with van der Waals surface area (Å²) in [5, 5.41) is 4.15. The summed E-state index contributed by atoms with van der Waals surface area (Å²) in [5.41, 5.74) is 0.907. The summed E-state index contributed by atoms with van der Waals surface area (Å²) in [5.74, 6) is -2.44. The van der Waals surface area contributed by atoms with Crippen LogP contribution in [0.2, 0.25) is 0 Å². The molecule has 4 nitrogen and oxygen atoms in total. The Morgan fingerprint density at radius 2 is 1.79 bits per heavy atom. The Bertz CT molecular complexity index is 726. The minimum absolute atomic E-state index is 0.296. The molecule has 0 spiro atoms. The van der Waals surface area contributed by atoms with Crippen molar-refractivity contribution in [1.29, 1.82) is 0 Å². The number of carbonyl (C=O) groups is 2. The second-order valence-corrected chi connectivity index (χ2v) is 6.41. The number of nitrogens with one attached hydrogen (secondary N) is 2. The second kappa shape index (κ2) is 8.44. The third kappa shape index (κ3) is 5.34. The molecule has 2 N–H and O–H groups in total. The van der Waals surface area contributed by atoms with E-state index in [-0.39, 0.29) is 0 Å². The van der Waals surface area contributed by atoms with Crippen LogP contribution in [0.15, 0.2) is 53.4 Å². The van der Waals surface area contributed by atoms with Crippen molar-refractivity contribution in [2.75, 3.05) is 0 Å². The first-order valence-corrected chi connectivity index (χ1v) is 8.08. The van der Waals surface area contributed by atoms with Crippen LogP contribution in [-0.2, 0) is 11.3 Å². The molecule has 2 aromatic carbocycles. The van der Waals surface area contributed by atoms with Crippen molar-refractivity contribution in [3.63, 3.8) is 0 Å². The number of rotatable bonds is 5. The molecule has 0 radical (unpaired) electrons. The highest BCUT2D eigenvalue weighted by Gasteiger charge is 2.17. The van der Waals surface area contributed by atoms with E-state index in [1.165, 1.54) is 6.07 Å². The lowest BCUT2D eigenvalue weighted by Crippen LogP contribution is -2.42. The van der Waals surface area contributed by atoms with Crippen molar-refractivity contribution in [2.24, 2.45) is 0 Å². The van der Waals surface area contributed by atoms with E-state index in [1.807, 2.05) is 30.3 Å². The van der Waals surface area contributed by atoms with Crippen LogP contribution in [0, 0.1) is 11.6 Å². The Morgan fingerprint density at radius 1 is 1.08 bits per heavy atom. The normalized spacial score (nSPS) is 11.6. The van der Waals surface area contributed by atoms with E-state index in [2.05, 4.69) is 10.6 Å². The predicted molar refractivity (Wildman–Crippen MR) is 88.5 cm³/mol. The summed E-state index contributed by atoms with van der Waals surface area (Å²) in [6.07, 6.45) is 0. The van der Waals surface area contributed by atoms with E-state index in [9.17, 15) is 18.4 Å². The molecule has 0 aliphatic carbocycles. The number of halogens is 2. The Morgan fingerprint density at radius 3 is 2.46 bits per heavy atom. The van der Waals surface area contributed by atoms with Crippen LogP contribution in [0.1, 0.15) is 12.5 Å². The molecule has 0 fully saturated rings. The van der Waals surface area contributed by atoms with Crippen LogP contribution in [0.3, 0.4) is 0 Å². The molecule has 1 atom stereocenters. The molecule has 3 amide bonds. The average Bonchev–Trinajstić information content (AvgIpc) is 2.57. The fourth-order valence-electron chi connectivity index (χ4n) is 1.84. The number of imide groups is 1. The van der Waals surface area contributed by atoms with Gasteiger partial charge >= 0.3 is 6.03 Å². The van der Waals surface area contributed by atoms with E-state index >= 15 is 0 Å². The van der Waals surface area contributed by atoms with Crippen molar-refractivity contribution in [2.45, 2.75) is 23.6 Å². The van der Waals surface area contributed by atoms with Crippen molar-refractivity contribution < 1.29 is 18.4 Å². The number of hydrogen-bond donors (Lipinski definition) is 2. The first-order valence-electron chi connectivity index (χ1n) is 7.20. The van der Waals surface area contributed by atoms with Gasteiger partial charge in [0.15, 0.2) is 11.6 Å². The van der Waals surface area contributed by atoms with Gasteiger partial charge in [-0.1, -0.05) is 30.3 Å². The standard InChI is InChI=1S/C17H16F2N2O2S/c1-11(24-13-7-8-14(18)15(19)9-13)16(22)21-17(23)20-10-12-5-3-2-4-6-12/h2-9,11H,10H2,1H3,(H2,20,21,22,23). The third-order valence-electron chi connectivity index (χ3n) is 3.11. The molecule has 0 saturated heterocycles. The highest BCUT2D eigenvalue weighted by molar-refractivity contribution is 8.00. The van der Waals surface area contributed by atoms with Gasteiger partial charge in [0, 0.05) is 11.4 Å². The highest BCUT2D eigenvalue weighted by Crippen LogP contribution is 2.24. The molecule has 1 unspecified atom stereocenters. The fourth-order valence-corrected chi connectivity index (χ4v) is 2.74. The van der Waals surface area contributed by atoms with Crippen molar-refractivity contribution in [3.8, 4) is 0 Å². The molecule has 0 saturated carbocycles. The molecule has 2 aromatic rings. The summed E-state index contributed by atoms with van der Waals surface area (Å²) in [4.78, 5) is 24.1. The quantitative estimate of drug-likeness (QED) is 0.812. The Balaban J connectivity index is 1.82. The lowest BCUT2D eigenvalue weighted by Gasteiger charge is -2.12. The maximum atomic E-state index is 13.1. The maximum Gasteiger partial charge on any atom is 0.321 e. The second-order valence-electron chi connectivity index (χ2n) is 4.99. The van der Waals surface area contributed by atoms with Gasteiger partial charge in [0.2, 0.25) is 5.91 Å². The zero-order chi connectivity index (χ0) is 17.5. The van der Waals surface area contributed by atoms with Crippen LogP contribution >= 0.6 is 11.8 Å². The van der Waals surface area contributed by atoms with E-state index < -0.39 is 28.8 Å². The van der Waals surface area contributed by atoms with E-state index in [4.69, 9.17) is 0 Å². The molecular weight excluding hydrogens is 334 g/mol. The number of carbonyl (C=O) groups excluding carboxylic acids is 2. The average molecular weight is 350 g/mol. The molecular formula is C17H16F2N2O2S. The number of urea groups is 1. The highest BCUT2D eigenvalue weighted by atomic mass is 32.2. The maximum absolute atomic E-state index is 13.1. The van der Waals surface area contributed by atoms with Gasteiger partial charge in [0.1, 0.15) is 0 Å². The number of amides is 3. The first kappa shape index (κ1) is 17.9. The molecule has 7 heteroatoms. The lowest BCUT2D eigenvalue weighted by molar-refractivity contribution is -0.119. The molecule has 2 rings (SSSR count). The SMILES string of the molecule is CC(Sc1ccc(F)c(F)c1)C(=O)NC(=O)NCc1ccccc1. The minimum Gasteiger partial charge on any atom is -0.334 e. The smallest absolute Gasteiger partial charge is 0.321 e. The van der Waals surface area contributed by atoms with Crippen LogP contribution < -0.4 is 10.6 Å². The Hall–Kier alpha value is -2.41. The van der Waals surface area contributed by atoms with E-state index in [0.717, 1.165) is 29.5 Å². The third-order valence-corrected chi connectivity index (χ3v) is 4.20. The van der Waals surface area contributed by atoms with Gasteiger partial charge in [-0.15, -0.1) is 11.8 Å². The predicted octanol–water partition coefficient (Wildman–Crippen LogP) is 3.47. The van der Waals surface area contributed by atoms with Crippen molar-refractivity contribution >= 4 is 23.7 Å². The monoisotopic (exact) mass is 350 g/mol. The molecule has 0 heterocycles. The Kier molecular flexibility index (Phi) is 6.31. The van der Waals surface area contributed by atoms with Gasteiger partial charge in [-0.05, 0) is 30.7 Å². The van der Waals surface area contributed by atoms with Crippen LogP contribution in [-0.4, -0.2) is 17.2 Å². The van der Waals surface area contributed by atoms with Gasteiger partial charge < -0.3 is 5.32 Å².